The summed E-state index contributed by atoms with van der Waals surface area (Å²) in [5.74, 6) is 0.331. The maximum absolute atomic E-state index is 13.0. The molecule has 1 atom stereocenters. The summed E-state index contributed by atoms with van der Waals surface area (Å²) in [4.78, 5) is 2.34. The third-order valence-corrected chi connectivity index (χ3v) is 4.04. The van der Waals surface area contributed by atoms with Crippen molar-refractivity contribution >= 4 is 0 Å². The van der Waals surface area contributed by atoms with Gasteiger partial charge in [0.2, 0.25) is 0 Å². The highest BCUT2D eigenvalue weighted by Gasteiger charge is 2.19. The molecule has 19 heavy (non-hydrogen) atoms. The number of rotatable bonds is 7. The van der Waals surface area contributed by atoms with Crippen molar-refractivity contribution in [3.8, 4) is 5.75 Å². The van der Waals surface area contributed by atoms with Crippen molar-refractivity contribution in [2.45, 2.75) is 46.6 Å². The number of nitrogens with zero attached hydrogens (tertiary/aromatic N) is 1. The van der Waals surface area contributed by atoms with E-state index in [1.807, 2.05) is 0 Å². The molecule has 0 aliphatic heterocycles. The van der Waals surface area contributed by atoms with Crippen molar-refractivity contribution in [3.63, 3.8) is 0 Å². The van der Waals surface area contributed by atoms with Crippen LogP contribution in [0.1, 0.15) is 52.1 Å². The average Bonchev–Trinajstić information content (AvgIpc) is 2.39. The molecule has 3 heteroatoms. The first kappa shape index (κ1) is 16.0. The third-order valence-electron chi connectivity index (χ3n) is 4.04. The Labute approximate surface area is 116 Å². The summed E-state index contributed by atoms with van der Waals surface area (Å²) in [6.07, 6.45) is 2.32. The molecule has 1 aromatic carbocycles. The molecular weight excluding hydrogens is 241 g/mol. The highest BCUT2D eigenvalue weighted by molar-refractivity contribution is 5.34. The maximum Gasteiger partial charge on any atom is 0.126 e. The fourth-order valence-electron chi connectivity index (χ4n) is 2.51. The predicted molar refractivity (Wildman–Crippen MR) is 77.8 cm³/mol. The van der Waals surface area contributed by atoms with Crippen LogP contribution in [0.25, 0.3) is 0 Å². The van der Waals surface area contributed by atoms with E-state index in [0.717, 1.165) is 31.5 Å². The predicted octanol–water partition coefficient (Wildman–Crippen LogP) is 4.35. The molecule has 0 saturated heterocycles. The standard InChI is InChI=1S/C16H26FNO/c1-5-13(6-2)11-18(7-3)12(4)15-9-8-14(17)10-16(15)19/h8-10,12-13,19H,5-7,11H2,1-4H3. The molecule has 2 nitrogen and oxygen atoms in total. The van der Waals surface area contributed by atoms with Crippen LogP contribution in [-0.4, -0.2) is 23.1 Å². The summed E-state index contributed by atoms with van der Waals surface area (Å²) >= 11 is 0. The molecule has 108 valence electrons. The lowest BCUT2D eigenvalue weighted by molar-refractivity contribution is 0.179. The van der Waals surface area contributed by atoms with Gasteiger partial charge in [0.1, 0.15) is 11.6 Å². The summed E-state index contributed by atoms with van der Waals surface area (Å²) in [6.45, 7) is 10.6. The Hall–Kier alpha value is -1.09. The van der Waals surface area contributed by atoms with Crippen molar-refractivity contribution in [2.24, 2.45) is 5.92 Å². The van der Waals surface area contributed by atoms with E-state index < -0.39 is 5.82 Å². The Morgan fingerprint density at radius 2 is 1.84 bits per heavy atom. The molecule has 0 fully saturated rings. The first-order valence-corrected chi connectivity index (χ1v) is 7.25. The summed E-state index contributed by atoms with van der Waals surface area (Å²) < 4.78 is 13.0. The van der Waals surface area contributed by atoms with Crippen molar-refractivity contribution < 1.29 is 9.50 Å². The quantitative estimate of drug-likeness (QED) is 0.794. The Balaban J connectivity index is 2.85. The number of hydrogen-bond acceptors (Lipinski definition) is 2. The molecule has 0 aromatic heterocycles. The van der Waals surface area contributed by atoms with Gasteiger partial charge in [0.25, 0.3) is 0 Å². The molecule has 0 amide bonds. The zero-order valence-corrected chi connectivity index (χ0v) is 12.5. The summed E-state index contributed by atoms with van der Waals surface area (Å²) in [5.41, 5.74) is 0.800. The Kier molecular flexibility index (Phi) is 6.29. The van der Waals surface area contributed by atoms with Crippen LogP contribution >= 0.6 is 0 Å². The monoisotopic (exact) mass is 267 g/mol. The van der Waals surface area contributed by atoms with Crippen molar-refractivity contribution in [1.29, 1.82) is 0 Å². The molecule has 0 radical (unpaired) electrons. The van der Waals surface area contributed by atoms with Crippen LogP contribution in [-0.2, 0) is 0 Å². The highest BCUT2D eigenvalue weighted by Crippen LogP contribution is 2.29. The largest absolute Gasteiger partial charge is 0.508 e. The lowest BCUT2D eigenvalue weighted by atomic mass is 9.99. The van der Waals surface area contributed by atoms with Crippen LogP contribution in [0.2, 0.25) is 0 Å². The lowest BCUT2D eigenvalue weighted by Crippen LogP contribution is -2.31. The van der Waals surface area contributed by atoms with Crippen LogP contribution in [0, 0.1) is 11.7 Å². The molecule has 0 spiro atoms. The summed E-state index contributed by atoms with van der Waals surface area (Å²) in [7, 11) is 0. The van der Waals surface area contributed by atoms with Crippen LogP contribution in [0.15, 0.2) is 18.2 Å². The van der Waals surface area contributed by atoms with Gasteiger partial charge in [-0.2, -0.15) is 0 Å². The minimum atomic E-state index is -0.392. The topological polar surface area (TPSA) is 23.5 Å². The van der Waals surface area contributed by atoms with Crippen LogP contribution < -0.4 is 0 Å². The molecule has 1 aromatic rings. The van der Waals surface area contributed by atoms with E-state index in [1.54, 1.807) is 6.07 Å². The van der Waals surface area contributed by atoms with Gasteiger partial charge in [-0.1, -0.05) is 39.7 Å². The van der Waals surface area contributed by atoms with Crippen molar-refractivity contribution in [1.82, 2.24) is 4.90 Å². The molecule has 0 bridgehead atoms. The summed E-state index contributed by atoms with van der Waals surface area (Å²) in [5, 5.41) is 9.89. The molecule has 0 aliphatic rings. The maximum atomic E-state index is 13.0. The minimum Gasteiger partial charge on any atom is -0.508 e. The number of benzene rings is 1. The van der Waals surface area contributed by atoms with Gasteiger partial charge in [0, 0.05) is 24.2 Å². The smallest absolute Gasteiger partial charge is 0.126 e. The fraction of sp³-hybridized carbons (Fsp3) is 0.625. The SMILES string of the molecule is CCC(CC)CN(CC)C(C)c1ccc(F)cc1O. The van der Waals surface area contributed by atoms with Crippen molar-refractivity contribution in [2.75, 3.05) is 13.1 Å². The average molecular weight is 267 g/mol. The zero-order valence-electron chi connectivity index (χ0n) is 12.5. The Bertz CT molecular complexity index is 390. The van der Waals surface area contributed by atoms with E-state index >= 15 is 0 Å². The van der Waals surface area contributed by atoms with E-state index in [-0.39, 0.29) is 11.8 Å². The van der Waals surface area contributed by atoms with Gasteiger partial charge in [-0.15, -0.1) is 0 Å². The molecule has 1 N–H and O–H groups in total. The van der Waals surface area contributed by atoms with Crippen LogP contribution in [0.3, 0.4) is 0 Å². The molecule has 0 heterocycles. The third kappa shape index (κ3) is 4.20. The van der Waals surface area contributed by atoms with E-state index in [0.29, 0.717) is 5.92 Å². The van der Waals surface area contributed by atoms with Gasteiger partial charge in [-0.25, -0.2) is 4.39 Å². The van der Waals surface area contributed by atoms with Crippen LogP contribution in [0.5, 0.6) is 5.75 Å². The van der Waals surface area contributed by atoms with Gasteiger partial charge >= 0.3 is 0 Å². The van der Waals surface area contributed by atoms with E-state index in [4.69, 9.17) is 0 Å². The first-order chi connectivity index (χ1) is 9.03. The number of halogens is 1. The van der Waals surface area contributed by atoms with E-state index in [2.05, 4.69) is 32.6 Å². The van der Waals surface area contributed by atoms with E-state index in [9.17, 15) is 9.50 Å². The van der Waals surface area contributed by atoms with Gasteiger partial charge in [0.15, 0.2) is 0 Å². The number of hydrogen-bond donors (Lipinski definition) is 1. The molecular formula is C16H26FNO. The second-order valence-corrected chi connectivity index (χ2v) is 5.15. The summed E-state index contributed by atoms with van der Waals surface area (Å²) in [6, 6.07) is 4.39. The second-order valence-electron chi connectivity index (χ2n) is 5.15. The Morgan fingerprint density at radius 3 is 2.32 bits per heavy atom. The van der Waals surface area contributed by atoms with Crippen LogP contribution in [0.4, 0.5) is 4.39 Å². The van der Waals surface area contributed by atoms with Gasteiger partial charge in [-0.3, -0.25) is 4.90 Å². The minimum absolute atomic E-state index is 0.0514. The second kappa shape index (κ2) is 7.49. The Morgan fingerprint density at radius 1 is 1.21 bits per heavy atom. The molecule has 0 aliphatic carbocycles. The van der Waals surface area contributed by atoms with E-state index in [1.165, 1.54) is 12.1 Å². The molecule has 1 rings (SSSR count). The fourth-order valence-corrected chi connectivity index (χ4v) is 2.51. The van der Waals surface area contributed by atoms with Gasteiger partial charge in [0.05, 0.1) is 0 Å². The normalized spacial score (nSPS) is 13.2. The van der Waals surface area contributed by atoms with Gasteiger partial charge in [-0.05, 0) is 25.5 Å². The highest BCUT2D eigenvalue weighted by atomic mass is 19.1. The number of phenolic OH excluding ortho intramolecular Hbond substituents is 1. The molecule has 0 saturated carbocycles. The van der Waals surface area contributed by atoms with Gasteiger partial charge < -0.3 is 5.11 Å². The lowest BCUT2D eigenvalue weighted by Gasteiger charge is -2.31. The number of phenols is 1. The first-order valence-electron chi connectivity index (χ1n) is 7.25. The molecule has 1 unspecified atom stereocenters. The zero-order chi connectivity index (χ0) is 14.4. The van der Waals surface area contributed by atoms with Crippen molar-refractivity contribution in [3.05, 3.63) is 29.6 Å². The number of aromatic hydroxyl groups is 1.